The summed E-state index contributed by atoms with van der Waals surface area (Å²) in [5.41, 5.74) is 0.481. The van der Waals surface area contributed by atoms with Gasteiger partial charge in [0.15, 0.2) is 0 Å². The van der Waals surface area contributed by atoms with E-state index in [1.54, 1.807) is 12.3 Å². The Morgan fingerprint density at radius 2 is 1.92 bits per heavy atom. The monoisotopic (exact) mass is 372 g/mol. The predicted octanol–water partition coefficient (Wildman–Crippen LogP) is 3.47. The van der Waals surface area contributed by atoms with E-state index in [9.17, 15) is 4.79 Å². The highest BCUT2D eigenvalue weighted by Gasteiger charge is 2.38. The molecular formula is C20H25ClN4O. The van der Waals surface area contributed by atoms with Crippen LogP contribution in [0.15, 0.2) is 12.3 Å². The van der Waals surface area contributed by atoms with Gasteiger partial charge in [-0.15, -0.1) is 0 Å². The molecule has 0 radical (unpaired) electrons. The first-order valence-corrected chi connectivity index (χ1v) is 10.1. The van der Waals surface area contributed by atoms with Gasteiger partial charge in [-0.05, 0) is 49.5 Å². The van der Waals surface area contributed by atoms with Crippen LogP contribution in [0, 0.1) is 29.1 Å². The molecule has 3 aliphatic rings. The van der Waals surface area contributed by atoms with Gasteiger partial charge in [0.25, 0.3) is 0 Å². The third kappa shape index (κ3) is 3.53. The van der Waals surface area contributed by atoms with E-state index in [1.165, 1.54) is 19.3 Å². The van der Waals surface area contributed by atoms with Crippen LogP contribution >= 0.6 is 11.6 Å². The fourth-order valence-electron chi connectivity index (χ4n) is 4.89. The lowest BCUT2D eigenvalue weighted by molar-refractivity contribution is -0.131. The highest BCUT2D eigenvalue weighted by Crippen LogP contribution is 2.38. The molecule has 5 nitrogen and oxygen atoms in total. The molecule has 1 aromatic heterocycles. The van der Waals surface area contributed by atoms with Gasteiger partial charge in [0.1, 0.15) is 11.9 Å². The lowest BCUT2D eigenvalue weighted by atomic mass is 9.93. The van der Waals surface area contributed by atoms with E-state index in [0.717, 1.165) is 56.7 Å². The van der Waals surface area contributed by atoms with Crippen LogP contribution in [-0.4, -0.2) is 42.0 Å². The average molecular weight is 373 g/mol. The van der Waals surface area contributed by atoms with Crippen LogP contribution in [0.4, 0.5) is 5.82 Å². The van der Waals surface area contributed by atoms with Crippen molar-refractivity contribution < 1.29 is 4.79 Å². The molecule has 138 valence electrons. The Hall–Kier alpha value is -1.80. The second kappa shape index (κ2) is 7.44. The van der Waals surface area contributed by atoms with Gasteiger partial charge in [-0.1, -0.05) is 18.0 Å². The Balaban J connectivity index is 1.29. The van der Waals surface area contributed by atoms with E-state index in [-0.39, 0.29) is 0 Å². The molecule has 1 amide bonds. The number of piperidine rings is 1. The van der Waals surface area contributed by atoms with Gasteiger partial charge < -0.3 is 9.80 Å². The van der Waals surface area contributed by atoms with Crippen molar-refractivity contribution in [2.45, 2.75) is 38.5 Å². The van der Waals surface area contributed by atoms with Crippen molar-refractivity contribution in [3.05, 3.63) is 22.8 Å². The number of likely N-dealkylation sites (tertiary alicyclic amines) is 1. The second-order valence-electron chi connectivity index (χ2n) is 8.03. The van der Waals surface area contributed by atoms with Crippen molar-refractivity contribution in [3.8, 4) is 6.07 Å². The number of hydrogen-bond acceptors (Lipinski definition) is 4. The first-order valence-electron chi connectivity index (χ1n) is 9.72. The molecule has 2 unspecified atom stereocenters. The zero-order chi connectivity index (χ0) is 18.1. The molecule has 0 aromatic carbocycles. The van der Waals surface area contributed by atoms with Crippen molar-refractivity contribution in [3.63, 3.8) is 0 Å². The molecule has 3 fully saturated rings. The Kier molecular flexibility index (Phi) is 5.04. The minimum absolute atomic E-state index is 0.354. The summed E-state index contributed by atoms with van der Waals surface area (Å²) in [7, 11) is 0. The molecule has 2 saturated heterocycles. The van der Waals surface area contributed by atoms with Crippen LogP contribution in [0.2, 0.25) is 5.02 Å². The van der Waals surface area contributed by atoms with Crippen molar-refractivity contribution >= 4 is 23.3 Å². The summed E-state index contributed by atoms with van der Waals surface area (Å²) < 4.78 is 0. The van der Waals surface area contributed by atoms with Crippen LogP contribution in [0.25, 0.3) is 0 Å². The largest absolute Gasteiger partial charge is 0.355 e. The number of carbonyl (C=O) groups is 1. The fourth-order valence-corrected chi connectivity index (χ4v) is 5.17. The predicted molar refractivity (Wildman–Crippen MR) is 101 cm³/mol. The van der Waals surface area contributed by atoms with Crippen molar-refractivity contribution in [2.75, 3.05) is 31.1 Å². The minimum atomic E-state index is 0.354. The Labute approximate surface area is 159 Å². The van der Waals surface area contributed by atoms with Gasteiger partial charge >= 0.3 is 0 Å². The zero-order valence-corrected chi connectivity index (χ0v) is 15.8. The maximum absolute atomic E-state index is 12.7. The molecular weight excluding hydrogens is 348 g/mol. The van der Waals surface area contributed by atoms with E-state index in [0.29, 0.717) is 28.8 Å². The van der Waals surface area contributed by atoms with E-state index in [1.807, 2.05) is 0 Å². The summed E-state index contributed by atoms with van der Waals surface area (Å²) >= 11 is 6.28. The van der Waals surface area contributed by atoms with E-state index in [2.05, 4.69) is 20.9 Å². The maximum atomic E-state index is 12.7. The second-order valence-corrected chi connectivity index (χ2v) is 8.43. The quantitative estimate of drug-likeness (QED) is 0.815. The third-order valence-corrected chi connectivity index (χ3v) is 6.69. The number of nitrogens with zero attached hydrogens (tertiary/aromatic N) is 4. The first kappa shape index (κ1) is 17.6. The standard InChI is InChI=1S/C20H25ClN4O/c21-18-8-15(10-22)11-23-20(18)24-6-4-14(5-7-24)9-19(26)25-12-16-2-1-3-17(16)13-25/h8,11,14,16-17H,1-7,9,12-13H2. The third-order valence-electron chi connectivity index (χ3n) is 6.41. The molecule has 3 heterocycles. The molecule has 2 aliphatic heterocycles. The normalized spacial score (nSPS) is 26.0. The number of aromatic nitrogens is 1. The number of pyridine rings is 1. The molecule has 1 saturated carbocycles. The molecule has 1 aromatic rings. The zero-order valence-electron chi connectivity index (χ0n) is 15.0. The Morgan fingerprint density at radius 3 is 2.54 bits per heavy atom. The topological polar surface area (TPSA) is 60.2 Å². The summed E-state index contributed by atoms with van der Waals surface area (Å²) in [6.07, 6.45) is 8.20. The summed E-state index contributed by atoms with van der Waals surface area (Å²) in [6, 6.07) is 3.73. The molecule has 1 aliphatic carbocycles. The number of amides is 1. The number of hydrogen-bond donors (Lipinski definition) is 0. The molecule has 26 heavy (non-hydrogen) atoms. The van der Waals surface area contributed by atoms with E-state index < -0.39 is 0 Å². The molecule has 2 atom stereocenters. The Morgan fingerprint density at radius 1 is 1.23 bits per heavy atom. The fraction of sp³-hybridized carbons (Fsp3) is 0.650. The highest BCUT2D eigenvalue weighted by molar-refractivity contribution is 6.33. The van der Waals surface area contributed by atoms with Gasteiger partial charge in [0.05, 0.1) is 10.6 Å². The van der Waals surface area contributed by atoms with Gasteiger partial charge in [0.2, 0.25) is 5.91 Å². The van der Waals surface area contributed by atoms with Gasteiger partial charge in [-0.3, -0.25) is 4.79 Å². The SMILES string of the molecule is N#Cc1cnc(N2CCC(CC(=O)N3CC4CCCC4C3)CC2)c(Cl)c1. The summed E-state index contributed by atoms with van der Waals surface area (Å²) in [5.74, 6) is 3.10. The lowest BCUT2D eigenvalue weighted by Gasteiger charge is -2.33. The van der Waals surface area contributed by atoms with Crippen LogP contribution in [0.3, 0.4) is 0 Å². The number of anilines is 1. The molecule has 0 bridgehead atoms. The summed E-state index contributed by atoms with van der Waals surface area (Å²) in [5, 5.41) is 9.46. The number of halogens is 1. The summed E-state index contributed by atoms with van der Waals surface area (Å²) in [4.78, 5) is 21.3. The van der Waals surface area contributed by atoms with Gasteiger partial charge in [-0.2, -0.15) is 5.26 Å². The van der Waals surface area contributed by atoms with Crippen molar-refractivity contribution in [1.82, 2.24) is 9.88 Å². The maximum Gasteiger partial charge on any atom is 0.222 e. The Bertz CT molecular complexity index is 711. The van der Waals surface area contributed by atoms with Crippen LogP contribution < -0.4 is 4.90 Å². The molecule has 6 heteroatoms. The minimum Gasteiger partial charge on any atom is -0.355 e. The first-order chi connectivity index (χ1) is 12.6. The number of fused-ring (bicyclic) bond motifs is 1. The number of nitriles is 1. The van der Waals surface area contributed by atoms with Crippen LogP contribution in [0.5, 0.6) is 0 Å². The number of carbonyl (C=O) groups excluding carboxylic acids is 1. The van der Waals surface area contributed by atoms with Crippen molar-refractivity contribution in [1.29, 1.82) is 5.26 Å². The van der Waals surface area contributed by atoms with Gasteiger partial charge in [0, 0.05) is 38.8 Å². The molecule has 0 N–H and O–H groups in total. The van der Waals surface area contributed by atoms with E-state index in [4.69, 9.17) is 16.9 Å². The summed E-state index contributed by atoms with van der Waals surface area (Å²) in [6.45, 7) is 3.71. The average Bonchev–Trinajstić information content (AvgIpc) is 3.24. The van der Waals surface area contributed by atoms with Crippen molar-refractivity contribution in [2.24, 2.45) is 17.8 Å². The van der Waals surface area contributed by atoms with E-state index >= 15 is 0 Å². The van der Waals surface area contributed by atoms with Gasteiger partial charge in [-0.25, -0.2) is 4.98 Å². The molecule has 0 spiro atoms. The number of rotatable bonds is 3. The molecule has 4 rings (SSSR count). The van der Waals surface area contributed by atoms with Crippen LogP contribution in [-0.2, 0) is 4.79 Å². The highest BCUT2D eigenvalue weighted by atomic mass is 35.5. The lowest BCUT2D eigenvalue weighted by Crippen LogP contribution is -2.37. The van der Waals surface area contributed by atoms with Crippen LogP contribution in [0.1, 0.15) is 44.1 Å². The smallest absolute Gasteiger partial charge is 0.222 e.